The van der Waals surface area contributed by atoms with Crippen molar-refractivity contribution in [2.45, 2.75) is 52.6 Å². The van der Waals surface area contributed by atoms with Gasteiger partial charge >= 0.3 is 0 Å². The molecule has 1 saturated heterocycles. The number of rotatable bonds is 7. The maximum absolute atomic E-state index is 5.44. The Morgan fingerprint density at radius 3 is 2.26 bits per heavy atom. The number of aliphatic imine (C=N–C) groups is 1. The van der Waals surface area contributed by atoms with E-state index in [4.69, 9.17) is 9.73 Å². The van der Waals surface area contributed by atoms with Crippen LogP contribution in [0.3, 0.4) is 0 Å². The van der Waals surface area contributed by atoms with E-state index in [0.29, 0.717) is 0 Å². The number of nitrogens with zero attached hydrogens (tertiary/aromatic N) is 2. The molecule has 0 aromatic rings. The maximum atomic E-state index is 5.44. The fourth-order valence-electron chi connectivity index (χ4n) is 2.50. The summed E-state index contributed by atoms with van der Waals surface area (Å²) in [7, 11) is 0. The quantitative estimate of drug-likeness (QED) is 0.370. The lowest BCUT2D eigenvalue weighted by molar-refractivity contribution is -0.00683. The minimum Gasteiger partial charge on any atom is -0.379 e. The van der Waals surface area contributed by atoms with Crippen LogP contribution in [0.25, 0.3) is 0 Å². The van der Waals surface area contributed by atoms with Crippen molar-refractivity contribution in [3.63, 3.8) is 0 Å². The maximum Gasteiger partial charge on any atom is 0.191 e. The Balaban J connectivity index is 2.46. The summed E-state index contributed by atoms with van der Waals surface area (Å²) < 4.78 is 5.44. The zero-order chi connectivity index (χ0) is 17.3. The van der Waals surface area contributed by atoms with Gasteiger partial charge in [-0.25, -0.2) is 0 Å². The molecule has 0 atom stereocenters. The lowest BCUT2D eigenvalue weighted by atomic mass is 10.0. The highest BCUT2D eigenvalue weighted by Crippen LogP contribution is 2.16. The standard InChI is InChI=1S/C17H37N5O/c1-7-18-15(19-8-9-21-16(2,3)4)20-14-17(5,6)22-10-12-23-13-11-22/h21H,7-14H2,1-6H3,(H2,18,19,20). The van der Waals surface area contributed by atoms with Gasteiger partial charge in [0.25, 0.3) is 0 Å². The molecule has 1 aliphatic rings. The second kappa shape index (κ2) is 9.45. The van der Waals surface area contributed by atoms with Crippen LogP contribution in [0.5, 0.6) is 0 Å². The molecule has 0 amide bonds. The van der Waals surface area contributed by atoms with Gasteiger partial charge in [-0.2, -0.15) is 0 Å². The van der Waals surface area contributed by atoms with E-state index in [9.17, 15) is 0 Å². The van der Waals surface area contributed by atoms with Gasteiger partial charge in [0.1, 0.15) is 0 Å². The second-order valence-corrected chi connectivity index (χ2v) is 7.71. The minimum absolute atomic E-state index is 0.0514. The van der Waals surface area contributed by atoms with Gasteiger partial charge in [-0.05, 0) is 41.5 Å². The van der Waals surface area contributed by atoms with Crippen LogP contribution in [-0.2, 0) is 4.74 Å². The third kappa shape index (κ3) is 8.53. The molecule has 1 fully saturated rings. The van der Waals surface area contributed by atoms with Crippen molar-refractivity contribution < 1.29 is 4.74 Å². The normalized spacial score (nSPS) is 18.1. The van der Waals surface area contributed by atoms with E-state index >= 15 is 0 Å². The fraction of sp³-hybridized carbons (Fsp3) is 0.941. The molecule has 0 radical (unpaired) electrons. The third-order valence-electron chi connectivity index (χ3n) is 3.91. The Kier molecular flexibility index (Phi) is 8.29. The van der Waals surface area contributed by atoms with E-state index in [1.807, 2.05) is 0 Å². The van der Waals surface area contributed by atoms with E-state index in [1.54, 1.807) is 0 Å². The highest BCUT2D eigenvalue weighted by Gasteiger charge is 2.28. The SMILES string of the molecule is CCNC(=NCC(C)(C)N1CCOCC1)NCCNC(C)(C)C. The molecule has 136 valence electrons. The van der Waals surface area contributed by atoms with E-state index in [-0.39, 0.29) is 11.1 Å². The minimum atomic E-state index is 0.0514. The van der Waals surface area contributed by atoms with Crippen LogP contribution in [0.2, 0.25) is 0 Å². The topological polar surface area (TPSA) is 60.9 Å². The average Bonchev–Trinajstić information content (AvgIpc) is 2.49. The van der Waals surface area contributed by atoms with Gasteiger partial charge in [0.05, 0.1) is 19.8 Å². The first-order valence-electron chi connectivity index (χ1n) is 8.84. The van der Waals surface area contributed by atoms with E-state index in [0.717, 1.165) is 58.4 Å². The molecule has 6 heteroatoms. The average molecular weight is 328 g/mol. The van der Waals surface area contributed by atoms with Crippen LogP contribution in [0.1, 0.15) is 41.5 Å². The number of morpholine rings is 1. The van der Waals surface area contributed by atoms with E-state index in [1.165, 1.54) is 0 Å². The van der Waals surface area contributed by atoms with E-state index in [2.05, 4.69) is 62.4 Å². The fourth-order valence-corrected chi connectivity index (χ4v) is 2.50. The molecular formula is C17H37N5O. The van der Waals surface area contributed by atoms with Gasteiger partial charge in [0.15, 0.2) is 5.96 Å². The van der Waals surface area contributed by atoms with Crippen LogP contribution in [0.4, 0.5) is 0 Å². The summed E-state index contributed by atoms with van der Waals surface area (Å²) in [4.78, 5) is 7.24. The molecule has 23 heavy (non-hydrogen) atoms. The number of guanidine groups is 1. The van der Waals surface area contributed by atoms with Crippen molar-refractivity contribution in [3.05, 3.63) is 0 Å². The molecule has 1 heterocycles. The predicted molar refractivity (Wildman–Crippen MR) is 98.2 cm³/mol. The number of ether oxygens (including phenoxy) is 1. The van der Waals surface area contributed by atoms with Crippen LogP contribution in [-0.4, -0.2) is 74.4 Å². The largest absolute Gasteiger partial charge is 0.379 e. The summed E-state index contributed by atoms with van der Waals surface area (Å²) in [5, 5.41) is 10.2. The summed E-state index contributed by atoms with van der Waals surface area (Å²) in [5.41, 5.74) is 0.200. The molecule has 0 spiro atoms. The van der Waals surface area contributed by atoms with E-state index < -0.39 is 0 Å². The molecular weight excluding hydrogens is 290 g/mol. The van der Waals surface area contributed by atoms with Crippen LogP contribution in [0, 0.1) is 0 Å². The monoisotopic (exact) mass is 327 g/mol. The van der Waals surface area contributed by atoms with Gasteiger partial charge in [-0.3, -0.25) is 9.89 Å². The Morgan fingerprint density at radius 2 is 1.70 bits per heavy atom. The van der Waals surface area contributed by atoms with Crippen LogP contribution < -0.4 is 16.0 Å². The molecule has 0 bridgehead atoms. The van der Waals surface area contributed by atoms with Crippen molar-refractivity contribution >= 4 is 5.96 Å². The Hall–Kier alpha value is -0.850. The summed E-state index contributed by atoms with van der Waals surface area (Å²) in [6.45, 7) is 20.2. The van der Waals surface area contributed by atoms with Gasteiger partial charge in [-0.1, -0.05) is 0 Å². The molecule has 1 aliphatic heterocycles. The number of hydrogen-bond acceptors (Lipinski definition) is 4. The van der Waals surface area contributed by atoms with Gasteiger partial charge in [-0.15, -0.1) is 0 Å². The summed E-state index contributed by atoms with van der Waals surface area (Å²) >= 11 is 0. The smallest absolute Gasteiger partial charge is 0.191 e. The molecule has 6 nitrogen and oxygen atoms in total. The number of nitrogens with one attached hydrogen (secondary N) is 3. The lowest BCUT2D eigenvalue weighted by Crippen LogP contribution is -2.52. The van der Waals surface area contributed by atoms with Crippen LogP contribution >= 0.6 is 0 Å². The van der Waals surface area contributed by atoms with Crippen molar-refractivity contribution in [1.29, 1.82) is 0 Å². The van der Waals surface area contributed by atoms with Crippen molar-refractivity contribution in [2.75, 3.05) is 52.5 Å². The first-order chi connectivity index (χ1) is 10.7. The second-order valence-electron chi connectivity index (χ2n) is 7.71. The van der Waals surface area contributed by atoms with Gasteiger partial charge < -0.3 is 20.7 Å². The van der Waals surface area contributed by atoms with Crippen LogP contribution in [0.15, 0.2) is 4.99 Å². The van der Waals surface area contributed by atoms with Gasteiger partial charge in [0, 0.05) is 43.8 Å². The van der Waals surface area contributed by atoms with Crippen molar-refractivity contribution in [3.8, 4) is 0 Å². The first-order valence-corrected chi connectivity index (χ1v) is 8.84. The zero-order valence-corrected chi connectivity index (χ0v) is 16.0. The molecule has 0 aromatic heterocycles. The Morgan fingerprint density at radius 1 is 1.04 bits per heavy atom. The molecule has 3 N–H and O–H groups in total. The molecule has 0 unspecified atom stereocenters. The molecule has 0 aliphatic carbocycles. The highest BCUT2D eigenvalue weighted by molar-refractivity contribution is 5.79. The summed E-state index contributed by atoms with van der Waals surface area (Å²) in [5.74, 6) is 0.893. The Labute approximate surface area is 142 Å². The molecule has 0 aromatic carbocycles. The highest BCUT2D eigenvalue weighted by atomic mass is 16.5. The third-order valence-corrected chi connectivity index (χ3v) is 3.91. The molecule has 1 rings (SSSR count). The zero-order valence-electron chi connectivity index (χ0n) is 16.0. The van der Waals surface area contributed by atoms with Crippen molar-refractivity contribution in [1.82, 2.24) is 20.9 Å². The summed E-state index contributed by atoms with van der Waals surface area (Å²) in [6, 6.07) is 0. The lowest BCUT2D eigenvalue weighted by Gasteiger charge is -2.39. The van der Waals surface area contributed by atoms with Gasteiger partial charge in [0.2, 0.25) is 0 Å². The number of hydrogen-bond donors (Lipinski definition) is 3. The predicted octanol–water partition coefficient (Wildman–Crippen LogP) is 1.04. The Bertz CT molecular complexity index is 356. The molecule has 0 saturated carbocycles. The first kappa shape index (κ1) is 20.2. The van der Waals surface area contributed by atoms with Crippen molar-refractivity contribution in [2.24, 2.45) is 4.99 Å². The summed E-state index contributed by atoms with van der Waals surface area (Å²) in [6.07, 6.45) is 0.